The monoisotopic (exact) mass is 218 g/mol. The number of rotatable bonds is 1. The van der Waals surface area contributed by atoms with E-state index in [0.29, 0.717) is 22.4 Å². The molecule has 4 heteroatoms. The molecular weight excluding hydrogens is 207 g/mol. The van der Waals surface area contributed by atoms with Crippen molar-refractivity contribution in [2.45, 2.75) is 13.8 Å². The zero-order valence-corrected chi connectivity index (χ0v) is 9.04. The summed E-state index contributed by atoms with van der Waals surface area (Å²) in [6, 6.07) is 4.82. The van der Waals surface area contributed by atoms with Gasteiger partial charge >= 0.3 is 0 Å². The number of hydrogen-bond acceptors (Lipinski definition) is 2. The van der Waals surface area contributed by atoms with Gasteiger partial charge in [0.05, 0.1) is 12.0 Å². The van der Waals surface area contributed by atoms with Crippen LogP contribution >= 0.6 is 0 Å². The molecule has 0 saturated carbocycles. The summed E-state index contributed by atoms with van der Waals surface area (Å²) in [5, 5.41) is 0. The Morgan fingerprint density at radius 1 is 1.31 bits per heavy atom. The smallest absolute Gasteiger partial charge is 0.254 e. The molecule has 1 aromatic carbocycles. The van der Waals surface area contributed by atoms with Crippen molar-refractivity contribution in [1.29, 1.82) is 0 Å². The van der Waals surface area contributed by atoms with E-state index in [-0.39, 0.29) is 11.4 Å². The van der Waals surface area contributed by atoms with E-state index in [9.17, 15) is 9.18 Å². The van der Waals surface area contributed by atoms with Crippen molar-refractivity contribution in [3.63, 3.8) is 0 Å². The Kier molecular flexibility index (Phi) is 2.56. The second-order valence-electron chi connectivity index (χ2n) is 3.67. The van der Waals surface area contributed by atoms with E-state index in [1.54, 1.807) is 26.0 Å². The molecule has 0 spiro atoms. The lowest BCUT2D eigenvalue weighted by Gasteiger charge is -2.04. The molecule has 0 aliphatic heterocycles. The fourth-order valence-electron chi connectivity index (χ4n) is 1.50. The molecule has 2 aromatic rings. The number of aromatic amines is 1. The van der Waals surface area contributed by atoms with Gasteiger partial charge in [-0.3, -0.25) is 4.79 Å². The highest BCUT2D eigenvalue weighted by Gasteiger charge is 2.08. The van der Waals surface area contributed by atoms with Gasteiger partial charge in [-0.1, -0.05) is 12.1 Å². The SMILES string of the molecule is Cc1ccc(-c2nc[nH]c(=O)c2C)cc1F. The minimum atomic E-state index is -0.293. The number of nitrogens with one attached hydrogen (secondary N) is 1. The van der Waals surface area contributed by atoms with Crippen LogP contribution in [-0.4, -0.2) is 9.97 Å². The summed E-state index contributed by atoms with van der Waals surface area (Å²) in [5.41, 5.74) is 2.00. The quantitative estimate of drug-likeness (QED) is 0.797. The summed E-state index contributed by atoms with van der Waals surface area (Å²) < 4.78 is 13.4. The lowest BCUT2D eigenvalue weighted by atomic mass is 10.1. The predicted molar refractivity (Wildman–Crippen MR) is 59.7 cm³/mol. The Morgan fingerprint density at radius 3 is 2.75 bits per heavy atom. The van der Waals surface area contributed by atoms with Crippen LogP contribution < -0.4 is 5.56 Å². The number of H-pyrrole nitrogens is 1. The summed E-state index contributed by atoms with van der Waals surface area (Å²) >= 11 is 0. The summed E-state index contributed by atoms with van der Waals surface area (Å²) in [7, 11) is 0. The van der Waals surface area contributed by atoms with Gasteiger partial charge in [0.25, 0.3) is 5.56 Å². The van der Waals surface area contributed by atoms with Crippen molar-refractivity contribution >= 4 is 0 Å². The van der Waals surface area contributed by atoms with Crippen molar-refractivity contribution in [2.24, 2.45) is 0 Å². The molecule has 0 saturated heterocycles. The number of benzene rings is 1. The Hall–Kier alpha value is -1.97. The summed E-state index contributed by atoms with van der Waals surface area (Å²) in [6.07, 6.45) is 1.32. The fraction of sp³-hybridized carbons (Fsp3) is 0.167. The highest BCUT2D eigenvalue weighted by atomic mass is 19.1. The van der Waals surface area contributed by atoms with Crippen LogP contribution in [0.4, 0.5) is 4.39 Å². The molecule has 0 radical (unpaired) electrons. The average molecular weight is 218 g/mol. The number of aromatic nitrogens is 2. The topological polar surface area (TPSA) is 45.8 Å². The van der Waals surface area contributed by atoms with Crippen LogP contribution in [0.2, 0.25) is 0 Å². The number of aryl methyl sites for hydroxylation is 1. The van der Waals surface area contributed by atoms with Crippen LogP contribution in [0, 0.1) is 19.7 Å². The lowest BCUT2D eigenvalue weighted by Crippen LogP contribution is -2.11. The molecule has 16 heavy (non-hydrogen) atoms. The predicted octanol–water partition coefficient (Wildman–Crippen LogP) is 2.19. The fourth-order valence-corrected chi connectivity index (χ4v) is 1.50. The van der Waals surface area contributed by atoms with Crippen LogP contribution in [0.5, 0.6) is 0 Å². The normalized spacial score (nSPS) is 10.4. The van der Waals surface area contributed by atoms with Crippen LogP contribution in [0.3, 0.4) is 0 Å². The third-order valence-electron chi connectivity index (χ3n) is 2.53. The molecule has 0 aliphatic carbocycles. The van der Waals surface area contributed by atoms with Crippen molar-refractivity contribution in [1.82, 2.24) is 9.97 Å². The molecule has 1 heterocycles. The molecule has 0 aliphatic rings. The number of hydrogen-bond donors (Lipinski definition) is 1. The first-order valence-electron chi connectivity index (χ1n) is 4.90. The molecule has 0 amide bonds. The Bertz CT molecular complexity index is 590. The van der Waals surface area contributed by atoms with Gasteiger partial charge in [0.1, 0.15) is 5.82 Å². The largest absolute Gasteiger partial charge is 0.313 e. The molecule has 2 rings (SSSR count). The first kappa shape index (κ1) is 10.5. The van der Waals surface area contributed by atoms with E-state index in [1.165, 1.54) is 12.4 Å². The van der Waals surface area contributed by atoms with Crippen LogP contribution in [-0.2, 0) is 0 Å². The maximum Gasteiger partial charge on any atom is 0.254 e. The maximum absolute atomic E-state index is 13.4. The lowest BCUT2D eigenvalue weighted by molar-refractivity contribution is 0.619. The summed E-state index contributed by atoms with van der Waals surface area (Å²) in [5.74, 6) is -0.293. The van der Waals surface area contributed by atoms with Gasteiger partial charge in [-0.15, -0.1) is 0 Å². The Morgan fingerprint density at radius 2 is 2.06 bits per heavy atom. The first-order valence-corrected chi connectivity index (χ1v) is 4.90. The zero-order valence-electron chi connectivity index (χ0n) is 9.04. The van der Waals surface area contributed by atoms with Gasteiger partial charge in [-0.05, 0) is 25.5 Å². The highest BCUT2D eigenvalue weighted by molar-refractivity contribution is 5.62. The molecule has 3 nitrogen and oxygen atoms in total. The molecule has 0 bridgehead atoms. The first-order chi connectivity index (χ1) is 7.59. The van der Waals surface area contributed by atoms with Crippen LogP contribution in [0.1, 0.15) is 11.1 Å². The van der Waals surface area contributed by atoms with Crippen LogP contribution in [0.25, 0.3) is 11.3 Å². The van der Waals surface area contributed by atoms with Gasteiger partial charge in [0, 0.05) is 11.1 Å². The minimum absolute atomic E-state index is 0.203. The Labute approximate surface area is 92.0 Å². The average Bonchev–Trinajstić information content (AvgIpc) is 2.26. The summed E-state index contributed by atoms with van der Waals surface area (Å²) in [4.78, 5) is 17.9. The summed E-state index contributed by atoms with van der Waals surface area (Å²) in [6.45, 7) is 3.36. The van der Waals surface area contributed by atoms with Gasteiger partial charge in [0.15, 0.2) is 0 Å². The van der Waals surface area contributed by atoms with Crippen molar-refractivity contribution in [2.75, 3.05) is 0 Å². The van der Waals surface area contributed by atoms with Gasteiger partial charge in [-0.2, -0.15) is 0 Å². The van der Waals surface area contributed by atoms with E-state index >= 15 is 0 Å². The van der Waals surface area contributed by atoms with E-state index < -0.39 is 0 Å². The molecule has 0 atom stereocenters. The molecular formula is C12H11FN2O. The van der Waals surface area contributed by atoms with Crippen molar-refractivity contribution in [3.8, 4) is 11.3 Å². The highest BCUT2D eigenvalue weighted by Crippen LogP contribution is 2.20. The van der Waals surface area contributed by atoms with E-state index in [0.717, 1.165) is 0 Å². The van der Waals surface area contributed by atoms with Crippen LogP contribution in [0.15, 0.2) is 29.3 Å². The minimum Gasteiger partial charge on any atom is -0.313 e. The Balaban J connectivity index is 2.63. The van der Waals surface area contributed by atoms with Crippen molar-refractivity contribution in [3.05, 3.63) is 51.8 Å². The molecule has 1 aromatic heterocycles. The van der Waals surface area contributed by atoms with E-state index in [1.807, 2.05) is 0 Å². The molecule has 1 N–H and O–H groups in total. The van der Waals surface area contributed by atoms with Gasteiger partial charge in [-0.25, -0.2) is 9.37 Å². The zero-order chi connectivity index (χ0) is 11.7. The van der Waals surface area contributed by atoms with Gasteiger partial charge < -0.3 is 4.98 Å². The number of halogens is 1. The maximum atomic E-state index is 13.4. The molecule has 0 fully saturated rings. The molecule has 0 unspecified atom stereocenters. The third kappa shape index (κ3) is 1.74. The standard InChI is InChI=1S/C12H11FN2O/c1-7-3-4-9(5-10(7)13)11-8(2)12(16)15-6-14-11/h3-6H,1-2H3,(H,14,15,16). The van der Waals surface area contributed by atoms with Crippen molar-refractivity contribution < 1.29 is 4.39 Å². The van der Waals surface area contributed by atoms with Gasteiger partial charge in [0.2, 0.25) is 0 Å². The van der Waals surface area contributed by atoms with E-state index in [4.69, 9.17) is 0 Å². The van der Waals surface area contributed by atoms with E-state index in [2.05, 4.69) is 9.97 Å². The molecule has 82 valence electrons. The second kappa shape index (κ2) is 3.89. The second-order valence-corrected chi connectivity index (χ2v) is 3.67. The number of nitrogens with zero attached hydrogens (tertiary/aromatic N) is 1. The third-order valence-corrected chi connectivity index (χ3v) is 2.53.